The molecule has 0 atom stereocenters. The Hall–Kier alpha value is -2.69. The molecule has 2 rings (SSSR count). The average molecular weight is 300 g/mol. The molecule has 0 saturated carbocycles. The first-order chi connectivity index (χ1) is 10.7. The van der Waals surface area contributed by atoms with Crippen molar-refractivity contribution in [2.45, 2.75) is 6.92 Å². The second kappa shape index (κ2) is 7.36. The number of benzene rings is 2. The molecule has 0 fully saturated rings. The molecule has 5 heteroatoms. The van der Waals surface area contributed by atoms with Gasteiger partial charge in [-0.2, -0.15) is 0 Å². The number of anilines is 2. The maximum Gasteiger partial charge on any atom is 0.326 e. The van der Waals surface area contributed by atoms with E-state index in [1.807, 2.05) is 43.3 Å². The first-order valence-electron chi connectivity index (χ1n) is 7.05. The summed E-state index contributed by atoms with van der Waals surface area (Å²) < 4.78 is 10.5. The smallest absolute Gasteiger partial charge is 0.326 e. The van der Waals surface area contributed by atoms with Gasteiger partial charge in [0.05, 0.1) is 14.2 Å². The molecule has 0 aliphatic heterocycles. The van der Waals surface area contributed by atoms with E-state index < -0.39 is 0 Å². The van der Waals surface area contributed by atoms with Crippen LogP contribution in [0.1, 0.15) is 6.92 Å². The van der Waals surface area contributed by atoms with Crippen LogP contribution < -0.4 is 19.7 Å². The lowest BCUT2D eigenvalue weighted by Gasteiger charge is -2.22. The zero-order valence-electron chi connectivity index (χ0n) is 13.0. The topological polar surface area (TPSA) is 50.8 Å². The Balaban J connectivity index is 2.22. The number of urea groups is 1. The second-order valence-corrected chi connectivity index (χ2v) is 4.58. The second-order valence-electron chi connectivity index (χ2n) is 4.58. The molecular formula is C17H20N2O3. The molecule has 0 heterocycles. The van der Waals surface area contributed by atoms with Gasteiger partial charge in [0.15, 0.2) is 11.5 Å². The summed E-state index contributed by atoms with van der Waals surface area (Å²) in [7, 11) is 3.15. The lowest BCUT2D eigenvalue weighted by Crippen LogP contribution is -2.34. The van der Waals surface area contributed by atoms with Crippen LogP contribution in [-0.4, -0.2) is 26.8 Å². The summed E-state index contributed by atoms with van der Waals surface area (Å²) in [6, 6.07) is 14.6. The third-order valence-corrected chi connectivity index (χ3v) is 3.27. The highest BCUT2D eigenvalue weighted by Crippen LogP contribution is 2.31. The van der Waals surface area contributed by atoms with Crippen LogP contribution in [0.3, 0.4) is 0 Å². The molecule has 22 heavy (non-hydrogen) atoms. The summed E-state index contributed by atoms with van der Waals surface area (Å²) in [5, 5.41) is 2.87. The van der Waals surface area contributed by atoms with Gasteiger partial charge in [-0.15, -0.1) is 0 Å². The van der Waals surface area contributed by atoms with Crippen molar-refractivity contribution in [1.82, 2.24) is 0 Å². The number of nitrogens with one attached hydrogen (secondary N) is 1. The summed E-state index contributed by atoms with van der Waals surface area (Å²) in [5.74, 6) is 1.22. The van der Waals surface area contributed by atoms with Gasteiger partial charge in [0, 0.05) is 24.0 Å². The fourth-order valence-electron chi connectivity index (χ4n) is 2.15. The molecule has 5 nitrogen and oxygen atoms in total. The molecule has 1 N–H and O–H groups in total. The number of para-hydroxylation sites is 1. The third-order valence-electron chi connectivity index (χ3n) is 3.27. The van der Waals surface area contributed by atoms with Gasteiger partial charge in [0.25, 0.3) is 0 Å². The van der Waals surface area contributed by atoms with Crippen molar-refractivity contribution in [3.05, 3.63) is 48.5 Å². The predicted octanol–water partition coefficient (Wildman–Crippen LogP) is 3.76. The molecule has 2 amide bonds. The molecule has 0 aromatic heterocycles. The maximum absolute atomic E-state index is 12.4. The zero-order valence-corrected chi connectivity index (χ0v) is 13.0. The summed E-state index contributed by atoms with van der Waals surface area (Å²) in [5.41, 5.74) is 1.50. The Bertz CT molecular complexity index is 629. The van der Waals surface area contributed by atoms with Crippen LogP contribution in [0.15, 0.2) is 48.5 Å². The monoisotopic (exact) mass is 300 g/mol. The van der Waals surface area contributed by atoms with Gasteiger partial charge in [-0.05, 0) is 31.2 Å². The van der Waals surface area contributed by atoms with Crippen LogP contribution in [-0.2, 0) is 0 Å². The predicted molar refractivity (Wildman–Crippen MR) is 88.0 cm³/mol. The first-order valence-corrected chi connectivity index (χ1v) is 7.05. The number of amides is 2. The standard InChI is InChI=1S/C17H20N2O3/c1-4-19(17(20)18-13-8-6-5-7-9-13)14-10-11-15(21-2)16(12-14)22-3/h5-12H,4H2,1-3H3,(H,18,20). The van der Waals surface area contributed by atoms with Crippen molar-refractivity contribution >= 4 is 17.4 Å². The van der Waals surface area contributed by atoms with Crippen molar-refractivity contribution in [3.8, 4) is 11.5 Å². The lowest BCUT2D eigenvalue weighted by molar-refractivity contribution is 0.257. The third kappa shape index (κ3) is 3.49. The van der Waals surface area contributed by atoms with Crippen molar-refractivity contribution in [2.24, 2.45) is 0 Å². The van der Waals surface area contributed by atoms with E-state index in [1.165, 1.54) is 0 Å². The number of hydrogen-bond donors (Lipinski definition) is 1. The van der Waals surface area contributed by atoms with Crippen LogP contribution in [0, 0.1) is 0 Å². The van der Waals surface area contributed by atoms with Crippen LogP contribution in [0.5, 0.6) is 11.5 Å². The van der Waals surface area contributed by atoms with E-state index in [2.05, 4.69) is 5.32 Å². The molecule has 0 spiro atoms. The van der Waals surface area contributed by atoms with Gasteiger partial charge in [0.1, 0.15) is 0 Å². The van der Waals surface area contributed by atoms with Crippen LogP contribution in [0.4, 0.5) is 16.2 Å². The highest BCUT2D eigenvalue weighted by Gasteiger charge is 2.16. The van der Waals surface area contributed by atoms with E-state index >= 15 is 0 Å². The summed E-state index contributed by atoms with van der Waals surface area (Å²) >= 11 is 0. The van der Waals surface area contributed by atoms with Gasteiger partial charge < -0.3 is 14.8 Å². The van der Waals surface area contributed by atoms with Crippen LogP contribution in [0.2, 0.25) is 0 Å². The number of hydrogen-bond acceptors (Lipinski definition) is 3. The molecule has 0 bridgehead atoms. The minimum Gasteiger partial charge on any atom is -0.493 e. The van der Waals surface area contributed by atoms with Crippen LogP contribution in [0.25, 0.3) is 0 Å². The minimum atomic E-state index is -0.194. The summed E-state index contributed by atoms with van der Waals surface area (Å²) in [6.45, 7) is 2.45. The Morgan fingerprint density at radius 3 is 2.32 bits per heavy atom. The SMILES string of the molecule is CCN(C(=O)Nc1ccccc1)c1ccc(OC)c(OC)c1. The number of carbonyl (C=O) groups excluding carboxylic acids is 1. The molecule has 0 aliphatic rings. The van der Waals surface area contributed by atoms with Gasteiger partial charge in [-0.25, -0.2) is 4.79 Å². The molecule has 0 saturated heterocycles. The van der Waals surface area contributed by atoms with Gasteiger partial charge in [0.2, 0.25) is 0 Å². The Kier molecular flexibility index (Phi) is 5.25. The molecule has 116 valence electrons. The van der Waals surface area contributed by atoms with Crippen molar-refractivity contribution in [2.75, 3.05) is 31.0 Å². The molecule has 0 radical (unpaired) electrons. The molecule has 2 aromatic carbocycles. The fourth-order valence-corrected chi connectivity index (χ4v) is 2.15. The lowest BCUT2D eigenvalue weighted by atomic mass is 10.2. The molecule has 0 aliphatic carbocycles. The fraction of sp³-hybridized carbons (Fsp3) is 0.235. The van der Waals surface area contributed by atoms with Crippen molar-refractivity contribution in [3.63, 3.8) is 0 Å². The van der Waals surface area contributed by atoms with E-state index in [0.29, 0.717) is 18.0 Å². The largest absolute Gasteiger partial charge is 0.493 e. The minimum absolute atomic E-state index is 0.194. The van der Waals surface area contributed by atoms with E-state index in [4.69, 9.17) is 9.47 Å². The van der Waals surface area contributed by atoms with E-state index in [1.54, 1.807) is 31.3 Å². The van der Waals surface area contributed by atoms with Gasteiger partial charge in [-0.3, -0.25) is 4.90 Å². The van der Waals surface area contributed by atoms with E-state index in [0.717, 1.165) is 11.4 Å². The average Bonchev–Trinajstić information content (AvgIpc) is 2.56. The Morgan fingerprint density at radius 1 is 1.05 bits per heavy atom. The maximum atomic E-state index is 12.4. The van der Waals surface area contributed by atoms with E-state index in [-0.39, 0.29) is 6.03 Å². The summed E-state index contributed by atoms with van der Waals surface area (Å²) in [6.07, 6.45) is 0. The number of nitrogens with zero attached hydrogens (tertiary/aromatic N) is 1. The Labute approximate surface area is 130 Å². The summed E-state index contributed by atoms with van der Waals surface area (Å²) in [4.78, 5) is 14.1. The number of methoxy groups -OCH3 is 2. The molecule has 0 unspecified atom stereocenters. The van der Waals surface area contributed by atoms with E-state index in [9.17, 15) is 4.79 Å². The molecular weight excluding hydrogens is 280 g/mol. The van der Waals surface area contributed by atoms with Crippen LogP contribution >= 0.6 is 0 Å². The zero-order chi connectivity index (χ0) is 15.9. The highest BCUT2D eigenvalue weighted by molar-refractivity contribution is 6.01. The normalized spacial score (nSPS) is 9.95. The first kappa shape index (κ1) is 15.7. The van der Waals surface area contributed by atoms with Gasteiger partial charge in [-0.1, -0.05) is 18.2 Å². The van der Waals surface area contributed by atoms with Gasteiger partial charge >= 0.3 is 6.03 Å². The van der Waals surface area contributed by atoms with Crippen molar-refractivity contribution in [1.29, 1.82) is 0 Å². The Morgan fingerprint density at radius 2 is 1.73 bits per heavy atom. The highest BCUT2D eigenvalue weighted by atomic mass is 16.5. The number of ether oxygens (including phenoxy) is 2. The quantitative estimate of drug-likeness (QED) is 0.914. The van der Waals surface area contributed by atoms with Crippen molar-refractivity contribution < 1.29 is 14.3 Å². The number of rotatable bonds is 5. The number of carbonyl (C=O) groups is 1. The molecule has 2 aromatic rings.